The highest BCUT2D eigenvalue weighted by Crippen LogP contribution is 2.29. The minimum Gasteiger partial charge on any atom is -0.477 e. The van der Waals surface area contributed by atoms with Crippen LogP contribution < -0.4 is 4.74 Å². The zero-order valence-electron chi connectivity index (χ0n) is 11.6. The minimum atomic E-state index is -1.25. The third-order valence-electron chi connectivity index (χ3n) is 3.61. The lowest BCUT2D eigenvalue weighted by Gasteiger charge is -2.24. The largest absolute Gasteiger partial charge is 0.477 e. The summed E-state index contributed by atoms with van der Waals surface area (Å²) in [6.45, 7) is 2.37. The van der Waals surface area contributed by atoms with E-state index in [1.165, 1.54) is 0 Å². The first-order valence-corrected chi connectivity index (χ1v) is 6.65. The van der Waals surface area contributed by atoms with Crippen LogP contribution in [0.15, 0.2) is 24.3 Å². The van der Waals surface area contributed by atoms with Gasteiger partial charge in [0, 0.05) is 6.07 Å². The van der Waals surface area contributed by atoms with Gasteiger partial charge in [-0.05, 0) is 30.7 Å². The Balaban J connectivity index is 2.17. The van der Waals surface area contributed by atoms with Crippen molar-refractivity contribution in [2.24, 2.45) is 11.8 Å². The number of nitrogens with zero attached hydrogens (tertiary/aromatic N) is 2. The first-order valence-electron chi connectivity index (χ1n) is 6.65. The van der Waals surface area contributed by atoms with E-state index in [9.17, 15) is 14.9 Å². The van der Waals surface area contributed by atoms with Crippen LogP contribution in [0.25, 0.3) is 0 Å². The molecular weight excluding hydrogens is 276 g/mol. The predicted molar refractivity (Wildman–Crippen MR) is 74.4 cm³/mol. The zero-order chi connectivity index (χ0) is 15.4. The number of pyridine rings is 1. The van der Waals surface area contributed by atoms with Crippen molar-refractivity contribution in [2.75, 3.05) is 6.61 Å². The third-order valence-corrected chi connectivity index (χ3v) is 3.61. The Kier molecular flexibility index (Phi) is 4.52. The van der Waals surface area contributed by atoms with Crippen LogP contribution in [0.4, 0.5) is 5.69 Å². The topological polar surface area (TPSA) is 103 Å². The van der Waals surface area contributed by atoms with Gasteiger partial charge in [-0.1, -0.05) is 19.1 Å². The number of rotatable bonds is 5. The zero-order valence-corrected chi connectivity index (χ0v) is 11.6. The number of aromatic nitrogens is 1. The molecule has 2 rings (SSSR count). The quantitative estimate of drug-likeness (QED) is 0.508. The number of nitro groups is 1. The number of aromatic carboxylic acids is 1. The van der Waals surface area contributed by atoms with E-state index in [0.29, 0.717) is 5.92 Å². The van der Waals surface area contributed by atoms with Crippen molar-refractivity contribution >= 4 is 11.7 Å². The Labute approximate surface area is 121 Å². The van der Waals surface area contributed by atoms with E-state index in [1.807, 2.05) is 0 Å². The molecule has 0 saturated carbocycles. The minimum absolute atomic E-state index is 0.235. The molecule has 0 amide bonds. The molecule has 2 atom stereocenters. The smallest absolute Gasteiger partial charge is 0.354 e. The number of allylic oxidation sites excluding steroid dienone is 2. The van der Waals surface area contributed by atoms with Gasteiger partial charge in [0.05, 0.1) is 11.5 Å². The van der Waals surface area contributed by atoms with Gasteiger partial charge in [0.2, 0.25) is 0 Å². The van der Waals surface area contributed by atoms with E-state index in [4.69, 9.17) is 9.84 Å². The molecule has 0 spiro atoms. The van der Waals surface area contributed by atoms with Crippen LogP contribution >= 0.6 is 0 Å². The Morgan fingerprint density at radius 1 is 1.48 bits per heavy atom. The Hall–Kier alpha value is -2.44. The van der Waals surface area contributed by atoms with Gasteiger partial charge in [0.15, 0.2) is 5.69 Å². The third kappa shape index (κ3) is 3.56. The number of hydrogen-bond donors (Lipinski definition) is 1. The predicted octanol–water partition coefficient (Wildman–Crippen LogP) is 2.67. The molecule has 7 nitrogen and oxygen atoms in total. The van der Waals surface area contributed by atoms with Gasteiger partial charge in [-0.15, -0.1) is 0 Å². The number of ether oxygens (including phenoxy) is 1. The molecule has 1 heterocycles. The van der Waals surface area contributed by atoms with Gasteiger partial charge in [-0.25, -0.2) is 9.78 Å². The Morgan fingerprint density at radius 3 is 2.81 bits per heavy atom. The highest BCUT2D eigenvalue weighted by atomic mass is 16.6. The van der Waals surface area contributed by atoms with Crippen LogP contribution in [-0.2, 0) is 0 Å². The normalized spacial score (nSPS) is 21.0. The van der Waals surface area contributed by atoms with Crippen LogP contribution in [0.1, 0.15) is 30.3 Å². The number of carboxylic acids is 1. The van der Waals surface area contributed by atoms with Crippen molar-refractivity contribution in [2.45, 2.75) is 19.8 Å². The molecule has 0 bridgehead atoms. The molecule has 21 heavy (non-hydrogen) atoms. The summed E-state index contributed by atoms with van der Waals surface area (Å²) in [6, 6.07) is 2.20. The van der Waals surface area contributed by atoms with Gasteiger partial charge in [0.25, 0.3) is 5.88 Å². The summed E-state index contributed by atoms with van der Waals surface area (Å²) in [5.41, 5.74) is -0.591. The highest BCUT2D eigenvalue weighted by Gasteiger charge is 2.23. The second-order valence-electron chi connectivity index (χ2n) is 5.07. The molecule has 0 aliphatic heterocycles. The second-order valence-corrected chi connectivity index (χ2v) is 5.07. The van der Waals surface area contributed by atoms with Crippen molar-refractivity contribution in [3.05, 3.63) is 40.1 Å². The maximum atomic E-state index is 10.9. The summed E-state index contributed by atoms with van der Waals surface area (Å²) < 4.78 is 5.45. The molecule has 1 aliphatic carbocycles. The summed E-state index contributed by atoms with van der Waals surface area (Å²) in [4.78, 5) is 24.9. The number of carboxylic acid groups (broad SMARTS) is 1. The van der Waals surface area contributed by atoms with E-state index >= 15 is 0 Å². The van der Waals surface area contributed by atoms with E-state index in [0.717, 1.165) is 25.0 Å². The van der Waals surface area contributed by atoms with Gasteiger partial charge < -0.3 is 9.84 Å². The van der Waals surface area contributed by atoms with Crippen LogP contribution in [-0.4, -0.2) is 27.6 Å². The molecule has 2 unspecified atom stereocenters. The lowest BCUT2D eigenvalue weighted by atomic mass is 9.85. The van der Waals surface area contributed by atoms with Gasteiger partial charge >= 0.3 is 11.7 Å². The fourth-order valence-corrected chi connectivity index (χ4v) is 2.22. The molecule has 7 heteroatoms. The van der Waals surface area contributed by atoms with Gasteiger partial charge in [0.1, 0.15) is 0 Å². The van der Waals surface area contributed by atoms with Crippen LogP contribution in [0.5, 0.6) is 5.88 Å². The van der Waals surface area contributed by atoms with Crippen LogP contribution in [0.3, 0.4) is 0 Å². The van der Waals surface area contributed by atoms with Crippen molar-refractivity contribution < 1.29 is 19.6 Å². The first kappa shape index (κ1) is 15.0. The van der Waals surface area contributed by atoms with Crippen molar-refractivity contribution in [1.29, 1.82) is 0 Å². The summed E-state index contributed by atoms with van der Waals surface area (Å²) in [7, 11) is 0. The summed E-state index contributed by atoms with van der Waals surface area (Å²) in [5, 5.41) is 19.8. The molecule has 1 aromatic rings. The maximum absolute atomic E-state index is 10.9. The maximum Gasteiger partial charge on any atom is 0.354 e. The second kappa shape index (κ2) is 6.34. The first-order chi connectivity index (χ1) is 9.99. The summed E-state index contributed by atoms with van der Waals surface area (Å²) in [6.07, 6.45) is 5.95. The van der Waals surface area contributed by atoms with E-state index in [1.54, 1.807) is 0 Å². The van der Waals surface area contributed by atoms with E-state index in [2.05, 4.69) is 24.1 Å². The fraction of sp³-hybridized carbons (Fsp3) is 0.429. The molecule has 1 N–H and O–H groups in total. The molecule has 0 aromatic carbocycles. The lowest BCUT2D eigenvalue weighted by molar-refractivity contribution is -0.386. The van der Waals surface area contributed by atoms with Crippen LogP contribution in [0, 0.1) is 22.0 Å². The van der Waals surface area contributed by atoms with Crippen molar-refractivity contribution in [3.63, 3.8) is 0 Å². The molecule has 0 radical (unpaired) electrons. The number of hydrogen-bond acceptors (Lipinski definition) is 5. The van der Waals surface area contributed by atoms with E-state index < -0.39 is 10.9 Å². The molecule has 1 aromatic heterocycles. The SMILES string of the molecule is CC1CC=CCC1COc1nc(C(=O)O)ccc1[N+](=O)[O-]. The molecule has 0 saturated heterocycles. The molecule has 112 valence electrons. The summed E-state index contributed by atoms with van der Waals surface area (Å²) in [5.74, 6) is -0.827. The average Bonchev–Trinajstić information content (AvgIpc) is 2.46. The van der Waals surface area contributed by atoms with Gasteiger partial charge in [-0.2, -0.15) is 0 Å². The summed E-state index contributed by atoms with van der Waals surface area (Å²) >= 11 is 0. The fourth-order valence-electron chi connectivity index (χ4n) is 2.22. The lowest BCUT2D eigenvalue weighted by Crippen LogP contribution is -2.22. The van der Waals surface area contributed by atoms with Gasteiger partial charge in [-0.3, -0.25) is 10.1 Å². The Morgan fingerprint density at radius 2 is 2.19 bits per heavy atom. The standard InChI is InChI=1S/C14H16N2O5/c1-9-4-2-3-5-10(9)8-21-13-12(16(19)20)7-6-11(15-13)14(17)18/h2-3,6-7,9-10H,4-5,8H2,1H3,(H,17,18). The Bertz CT molecular complexity index is 585. The number of carbonyl (C=O) groups is 1. The van der Waals surface area contributed by atoms with E-state index in [-0.39, 0.29) is 29.8 Å². The monoisotopic (exact) mass is 292 g/mol. The molecule has 1 aliphatic rings. The van der Waals surface area contributed by atoms with Crippen LogP contribution in [0.2, 0.25) is 0 Å². The average molecular weight is 292 g/mol. The molecular formula is C14H16N2O5. The molecule has 0 fully saturated rings. The van der Waals surface area contributed by atoms with Crippen molar-refractivity contribution in [1.82, 2.24) is 4.98 Å². The highest BCUT2D eigenvalue weighted by molar-refractivity contribution is 5.85. The van der Waals surface area contributed by atoms with Crippen molar-refractivity contribution in [3.8, 4) is 5.88 Å².